The van der Waals surface area contributed by atoms with Crippen molar-refractivity contribution in [3.8, 4) is 0 Å². The van der Waals surface area contributed by atoms with E-state index in [-0.39, 0.29) is 13.0 Å². The highest BCUT2D eigenvalue weighted by molar-refractivity contribution is 5.72. The van der Waals surface area contributed by atoms with Gasteiger partial charge < -0.3 is 14.9 Å². The van der Waals surface area contributed by atoms with Crippen molar-refractivity contribution in [2.75, 3.05) is 6.54 Å². The number of carboxylic acid groups (broad SMARTS) is 1. The lowest BCUT2D eigenvalue weighted by Crippen LogP contribution is -2.57. The van der Waals surface area contributed by atoms with E-state index < -0.39 is 23.4 Å². The maximum Gasteiger partial charge on any atom is 0.412 e. The van der Waals surface area contributed by atoms with E-state index in [0.29, 0.717) is 19.3 Å². The van der Waals surface area contributed by atoms with E-state index in [4.69, 9.17) is 9.84 Å². The first-order valence-electron chi connectivity index (χ1n) is 6.84. The Morgan fingerprint density at radius 3 is 2.58 bits per heavy atom. The minimum Gasteiger partial charge on any atom is -0.481 e. The average molecular weight is 271 g/mol. The van der Waals surface area contributed by atoms with Crippen LogP contribution in [0.15, 0.2) is 0 Å². The summed E-state index contributed by atoms with van der Waals surface area (Å²) in [6.07, 6.45) is 4.07. The molecule has 19 heavy (non-hydrogen) atoms. The normalized spacial score (nSPS) is 29.6. The van der Waals surface area contributed by atoms with Gasteiger partial charge in [-0.05, 0) is 39.0 Å². The first-order chi connectivity index (χ1) is 8.89. The van der Waals surface area contributed by atoms with Gasteiger partial charge in [-0.3, -0.25) is 9.69 Å². The summed E-state index contributed by atoms with van der Waals surface area (Å²) < 4.78 is 5.46. The van der Waals surface area contributed by atoms with Gasteiger partial charge in [0, 0.05) is 13.0 Å². The van der Waals surface area contributed by atoms with Crippen molar-refractivity contribution >= 4 is 12.1 Å². The van der Waals surface area contributed by atoms with Gasteiger partial charge in [-0.15, -0.1) is 0 Å². The van der Waals surface area contributed by atoms with Crippen molar-refractivity contribution in [1.82, 2.24) is 4.90 Å². The van der Waals surface area contributed by atoms with Crippen LogP contribution in [0.25, 0.3) is 0 Å². The van der Waals surface area contributed by atoms with Crippen LogP contribution in [0.2, 0.25) is 0 Å². The second-order valence-corrected chi connectivity index (χ2v) is 5.59. The Morgan fingerprint density at radius 2 is 2.00 bits per heavy atom. The molecule has 2 aliphatic rings. The zero-order valence-electron chi connectivity index (χ0n) is 11.2. The molecule has 2 rings (SSSR count). The lowest BCUT2D eigenvalue weighted by molar-refractivity contribution is -0.159. The van der Waals surface area contributed by atoms with Crippen LogP contribution in [0.1, 0.15) is 51.9 Å². The van der Waals surface area contributed by atoms with Crippen LogP contribution in [-0.4, -0.2) is 45.0 Å². The molecular formula is C13H21NO5. The number of aliphatic carboxylic acids is 1. The van der Waals surface area contributed by atoms with Gasteiger partial charge in [0.15, 0.2) is 11.3 Å². The zero-order valence-corrected chi connectivity index (χ0v) is 11.2. The van der Waals surface area contributed by atoms with Crippen LogP contribution in [0.3, 0.4) is 0 Å². The molecule has 108 valence electrons. The van der Waals surface area contributed by atoms with Gasteiger partial charge in [-0.25, -0.2) is 4.79 Å². The topological polar surface area (TPSA) is 87.1 Å². The summed E-state index contributed by atoms with van der Waals surface area (Å²) in [6.45, 7) is 1.81. The van der Waals surface area contributed by atoms with Crippen LogP contribution in [0.4, 0.5) is 4.79 Å². The van der Waals surface area contributed by atoms with Crippen molar-refractivity contribution < 1.29 is 24.5 Å². The van der Waals surface area contributed by atoms with Gasteiger partial charge in [0.05, 0.1) is 0 Å². The number of ether oxygens (including phenoxy) is 1. The molecule has 0 aromatic heterocycles. The maximum atomic E-state index is 11.9. The van der Waals surface area contributed by atoms with Crippen molar-refractivity contribution in [2.45, 2.75) is 63.2 Å². The van der Waals surface area contributed by atoms with E-state index in [2.05, 4.69) is 0 Å². The van der Waals surface area contributed by atoms with E-state index >= 15 is 0 Å². The Bertz CT molecular complexity index is 373. The fourth-order valence-electron chi connectivity index (χ4n) is 3.14. The molecule has 0 bridgehead atoms. The predicted molar refractivity (Wildman–Crippen MR) is 66.5 cm³/mol. The minimum atomic E-state index is -1.34. The Morgan fingerprint density at radius 1 is 1.37 bits per heavy atom. The Kier molecular flexibility index (Phi) is 3.71. The molecule has 1 atom stereocenters. The minimum absolute atomic E-state index is 0.0210. The smallest absolute Gasteiger partial charge is 0.412 e. The monoisotopic (exact) mass is 271 g/mol. The standard InChI is InChI=1S/C13H21NO5/c1-12(18)13(7-3-2-4-8-13)19-11(17)14(12)9-5-6-10(15)16/h18H,2-9H2,1H3,(H,15,16)/t12-/m1/s1. The van der Waals surface area contributed by atoms with E-state index in [9.17, 15) is 14.7 Å². The van der Waals surface area contributed by atoms with Crippen LogP contribution in [0, 0.1) is 0 Å². The largest absolute Gasteiger partial charge is 0.481 e. The molecule has 1 aliphatic heterocycles. The molecule has 0 radical (unpaired) electrons. The lowest BCUT2D eigenvalue weighted by Gasteiger charge is -2.42. The number of hydrogen-bond donors (Lipinski definition) is 2. The third kappa shape index (κ3) is 2.41. The molecule has 1 saturated heterocycles. The summed E-state index contributed by atoms with van der Waals surface area (Å²) >= 11 is 0. The average Bonchev–Trinajstić information content (AvgIpc) is 2.50. The van der Waals surface area contributed by atoms with Gasteiger partial charge in [0.25, 0.3) is 0 Å². The fraction of sp³-hybridized carbons (Fsp3) is 0.846. The number of carbonyl (C=O) groups is 2. The number of rotatable bonds is 4. The highest BCUT2D eigenvalue weighted by atomic mass is 16.6. The van der Waals surface area contributed by atoms with Gasteiger partial charge in [0.2, 0.25) is 0 Å². The number of nitrogens with zero attached hydrogens (tertiary/aromatic N) is 1. The molecular weight excluding hydrogens is 250 g/mol. The second kappa shape index (κ2) is 5.00. The number of carboxylic acids is 1. The first-order valence-corrected chi connectivity index (χ1v) is 6.84. The Labute approximate surface area is 112 Å². The summed E-state index contributed by atoms with van der Waals surface area (Å²) in [7, 11) is 0. The molecule has 6 nitrogen and oxygen atoms in total. The third-order valence-electron chi connectivity index (χ3n) is 4.33. The summed E-state index contributed by atoms with van der Waals surface area (Å²) in [5.41, 5.74) is -2.16. The van der Waals surface area contributed by atoms with Crippen molar-refractivity contribution in [1.29, 1.82) is 0 Å². The summed E-state index contributed by atoms with van der Waals surface area (Å²) in [6, 6.07) is 0. The van der Waals surface area contributed by atoms with Crippen molar-refractivity contribution in [3.63, 3.8) is 0 Å². The van der Waals surface area contributed by atoms with Crippen LogP contribution in [-0.2, 0) is 9.53 Å². The molecule has 0 unspecified atom stereocenters. The van der Waals surface area contributed by atoms with E-state index in [1.807, 2.05) is 0 Å². The maximum absolute atomic E-state index is 11.9. The molecule has 2 fully saturated rings. The predicted octanol–water partition coefficient (Wildman–Crippen LogP) is 1.71. The molecule has 6 heteroatoms. The first kappa shape index (κ1) is 14.1. The zero-order chi connectivity index (χ0) is 14.1. The highest BCUT2D eigenvalue weighted by Crippen LogP contribution is 2.46. The summed E-state index contributed by atoms with van der Waals surface area (Å²) in [4.78, 5) is 23.7. The number of amides is 1. The van der Waals surface area contributed by atoms with Gasteiger partial charge >= 0.3 is 12.1 Å². The summed E-state index contributed by atoms with van der Waals surface area (Å²) in [5, 5.41) is 19.3. The second-order valence-electron chi connectivity index (χ2n) is 5.59. The molecule has 1 saturated carbocycles. The van der Waals surface area contributed by atoms with Crippen LogP contribution >= 0.6 is 0 Å². The van der Waals surface area contributed by atoms with Crippen LogP contribution < -0.4 is 0 Å². The lowest BCUT2D eigenvalue weighted by atomic mass is 9.77. The van der Waals surface area contributed by atoms with E-state index in [0.717, 1.165) is 19.3 Å². The van der Waals surface area contributed by atoms with E-state index in [1.54, 1.807) is 6.92 Å². The van der Waals surface area contributed by atoms with Gasteiger partial charge in [-0.1, -0.05) is 6.42 Å². The summed E-state index contributed by atoms with van der Waals surface area (Å²) in [5.74, 6) is -0.903. The molecule has 1 aliphatic carbocycles. The molecule has 0 aromatic carbocycles. The van der Waals surface area contributed by atoms with Crippen LogP contribution in [0.5, 0.6) is 0 Å². The van der Waals surface area contributed by atoms with Gasteiger partial charge in [-0.2, -0.15) is 0 Å². The van der Waals surface area contributed by atoms with Gasteiger partial charge in [0.1, 0.15) is 0 Å². The van der Waals surface area contributed by atoms with E-state index in [1.165, 1.54) is 4.90 Å². The molecule has 1 amide bonds. The third-order valence-corrected chi connectivity index (χ3v) is 4.33. The molecule has 1 heterocycles. The van der Waals surface area contributed by atoms with Crippen molar-refractivity contribution in [3.05, 3.63) is 0 Å². The molecule has 0 aromatic rings. The Balaban J connectivity index is 2.07. The quantitative estimate of drug-likeness (QED) is 0.812. The number of hydrogen-bond acceptors (Lipinski definition) is 4. The van der Waals surface area contributed by atoms with Crippen molar-refractivity contribution in [2.24, 2.45) is 0 Å². The molecule has 1 spiro atoms. The SMILES string of the molecule is C[C@]1(O)N(CCCC(=O)O)C(=O)OC12CCCCC2. The molecule has 2 N–H and O–H groups in total. The number of aliphatic hydroxyl groups is 1. The fourth-order valence-corrected chi connectivity index (χ4v) is 3.14. The number of carbonyl (C=O) groups excluding carboxylic acids is 1. The Hall–Kier alpha value is -1.30. The highest BCUT2D eigenvalue weighted by Gasteiger charge is 2.61.